The molecule has 0 fully saturated rings. The third kappa shape index (κ3) is 3.52. The lowest BCUT2D eigenvalue weighted by Gasteiger charge is -2.07. The van der Waals surface area contributed by atoms with Crippen molar-refractivity contribution in [3.63, 3.8) is 0 Å². The molecule has 0 aliphatic rings. The summed E-state index contributed by atoms with van der Waals surface area (Å²) in [5, 5.41) is 9.64. The van der Waals surface area contributed by atoms with Crippen LogP contribution >= 0.6 is 0 Å². The number of methoxy groups -OCH3 is 1. The second kappa shape index (κ2) is 5.94. The van der Waals surface area contributed by atoms with E-state index < -0.39 is 5.97 Å². The van der Waals surface area contributed by atoms with Gasteiger partial charge in [0, 0.05) is 6.08 Å². The normalized spacial score (nSPS) is 10.5. The van der Waals surface area contributed by atoms with Gasteiger partial charge in [-0.15, -0.1) is 0 Å². The molecule has 1 aromatic rings. The van der Waals surface area contributed by atoms with Crippen LogP contribution in [0.3, 0.4) is 0 Å². The maximum atomic E-state index is 11.1. The molecule has 0 aromatic heterocycles. The van der Waals surface area contributed by atoms with Crippen LogP contribution in [0.25, 0.3) is 6.08 Å². The van der Waals surface area contributed by atoms with Crippen LogP contribution in [0.4, 0.5) is 0 Å². The molecule has 4 heteroatoms. The molecule has 0 saturated heterocycles. The van der Waals surface area contributed by atoms with E-state index in [2.05, 4.69) is 0 Å². The number of ether oxygens (including phenoxy) is 2. The van der Waals surface area contributed by atoms with Crippen LogP contribution < -0.4 is 4.74 Å². The summed E-state index contributed by atoms with van der Waals surface area (Å²) in [5.41, 5.74) is 1.46. The van der Waals surface area contributed by atoms with E-state index in [0.717, 1.165) is 5.56 Å². The van der Waals surface area contributed by atoms with Crippen LogP contribution in [0.5, 0.6) is 11.5 Å². The fraction of sp³-hybridized carbons (Fsp3) is 0.308. The Morgan fingerprint density at radius 3 is 2.76 bits per heavy atom. The summed E-state index contributed by atoms with van der Waals surface area (Å²) in [6.45, 7) is 3.86. The van der Waals surface area contributed by atoms with Gasteiger partial charge < -0.3 is 14.6 Å². The zero-order valence-electron chi connectivity index (χ0n) is 10.2. The Morgan fingerprint density at radius 1 is 1.47 bits per heavy atom. The smallest absolute Gasteiger partial charge is 0.330 e. The molecule has 17 heavy (non-hydrogen) atoms. The van der Waals surface area contributed by atoms with Crippen molar-refractivity contribution in [1.82, 2.24) is 0 Å². The first-order chi connectivity index (χ1) is 8.08. The van der Waals surface area contributed by atoms with Crippen molar-refractivity contribution in [3.8, 4) is 11.5 Å². The summed E-state index contributed by atoms with van der Waals surface area (Å²) in [7, 11) is 1.48. The molecular formula is C13H16O4. The molecule has 0 spiro atoms. The zero-order valence-corrected chi connectivity index (χ0v) is 10.2. The third-order valence-electron chi connectivity index (χ3n) is 2.21. The standard InChI is InChI=1S/C13H16O4/c1-4-17-12(14)6-5-10-7-9(2)13(15)11(8-10)16-3/h5-8,15H,4H2,1-3H3/b6-5+. The number of aryl methyl sites for hydroxylation is 1. The second-order valence-electron chi connectivity index (χ2n) is 3.47. The number of rotatable bonds is 4. The number of phenolic OH excluding ortho intramolecular Hbond substituents is 1. The van der Waals surface area contributed by atoms with Gasteiger partial charge >= 0.3 is 5.97 Å². The van der Waals surface area contributed by atoms with Crippen LogP contribution in [-0.4, -0.2) is 24.8 Å². The van der Waals surface area contributed by atoms with Gasteiger partial charge in [-0.25, -0.2) is 4.79 Å². The number of hydrogen-bond acceptors (Lipinski definition) is 4. The average Bonchev–Trinajstić information content (AvgIpc) is 2.31. The largest absolute Gasteiger partial charge is 0.504 e. The van der Waals surface area contributed by atoms with Crippen LogP contribution in [0.1, 0.15) is 18.1 Å². The topological polar surface area (TPSA) is 55.8 Å². The van der Waals surface area contributed by atoms with E-state index in [9.17, 15) is 9.90 Å². The molecule has 0 aliphatic carbocycles. The Bertz CT molecular complexity index is 435. The Balaban J connectivity index is 2.92. The summed E-state index contributed by atoms with van der Waals surface area (Å²) < 4.78 is 9.79. The lowest BCUT2D eigenvalue weighted by molar-refractivity contribution is -0.137. The van der Waals surface area contributed by atoms with Gasteiger partial charge in [0.05, 0.1) is 13.7 Å². The fourth-order valence-electron chi connectivity index (χ4n) is 1.38. The predicted molar refractivity (Wildman–Crippen MR) is 65.1 cm³/mol. The minimum atomic E-state index is -0.391. The highest BCUT2D eigenvalue weighted by molar-refractivity contribution is 5.87. The lowest BCUT2D eigenvalue weighted by Crippen LogP contribution is -1.98. The quantitative estimate of drug-likeness (QED) is 0.643. The summed E-state index contributed by atoms with van der Waals surface area (Å²) in [6.07, 6.45) is 2.96. The molecule has 4 nitrogen and oxygen atoms in total. The molecule has 0 radical (unpaired) electrons. The molecule has 92 valence electrons. The van der Waals surface area contributed by atoms with Gasteiger partial charge in [-0.1, -0.05) is 0 Å². The first-order valence-corrected chi connectivity index (χ1v) is 5.31. The number of benzene rings is 1. The Hall–Kier alpha value is -1.97. The van der Waals surface area contributed by atoms with Crippen molar-refractivity contribution < 1.29 is 19.4 Å². The minimum absolute atomic E-state index is 0.112. The van der Waals surface area contributed by atoms with Gasteiger partial charge in [0.2, 0.25) is 0 Å². The van der Waals surface area contributed by atoms with Crippen LogP contribution in [-0.2, 0) is 9.53 Å². The van der Waals surface area contributed by atoms with Crippen LogP contribution in [0.15, 0.2) is 18.2 Å². The molecule has 0 aliphatic heterocycles. The van der Waals surface area contributed by atoms with Crippen molar-refractivity contribution in [2.45, 2.75) is 13.8 Å². The van der Waals surface area contributed by atoms with E-state index in [1.165, 1.54) is 13.2 Å². The van der Waals surface area contributed by atoms with Crippen molar-refractivity contribution in [3.05, 3.63) is 29.3 Å². The van der Waals surface area contributed by atoms with Crippen LogP contribution in [0, 0.1) is 6.92 Å². The number of hydrogen-bond donors (Lipinski definition) is 1. The van der Waals surface area contributed by atoms with E-state index in [1.807, 2.05) is 0 Å². The van der Waals surface area contributed by atoms with Crippen LogP contribution in [0.2, 0.25) is 0 Å². The van der Waals surface area contributed by atoms with Crippen molar-refractivity contribution in [2.24, 2.45) is 0 Å². The Morgan fingerprint density at radius 2 is 2.18 bits per heavy atom. The van der Waals surface area contributed by atoms with E-state index in [0.29, 0.717) is 17.9 Å². The average molecular weight is 236 g/mol. The SMILES string of the molecule is CCOC(=O)/C=C/c1cc(C)c(O)c(OC)c1. The molecule has 0 atom stereocenters. The van der Waals surface area contributed by atoms with Gasteiger partial charge in [0.1, 0.15) is 0 Å². The highest BCUT2D eigenvalue weighted by Gasteiger charge is 2.06. The Labute approximate surface area is 100 Å². The number of carbonyl (C=O) groups is 1. The molecule has 0 bridgehead atoms. The van der Waals surface area contributed by atoms with Crippen molar-refractivity contribution in [1.29, 1.82) is 0 Å². The fourth-order valence-corrected chi connectivity index (χ4v) is 1.38. The highest BCUT2D eigenvalue weighted by Crippen LogP contribution is 2.31. The number of esters is 1. The van der Waals surface area contributed by atoms with Gasteiger partial charge in [0.25, 0.3) is 0 Å². The number of phenols is 1. The first kappa shape index (κ1) is 13.1. The lowest BCUT2D eigenvalue weighted by atomic mass is 10.1. The molecule has 0 amide bonds. The summed E-state index contributed by atoms with van der Waals surface area (Å²) >= 11 is 0. The monoisotopic (exact) mass is 236 g/mol. The maximum Gasteiger partial charge on any atom is 0.330 e. The second-order valence-corrected chi connectivity index (χ2v) is 3.47. The molecule has 1 rings (SSSR count). The summed E-state index contributed by atoms with van der Waals surface area (Å²) in [4.78, 5) is 11.1. The third-order valence-corrected chi connectivity index (χ3v) is 2.21. The van der Waals surface area contributed by atoms with E-state index in [4.69, 9.17) is 9.47 Å². The molecule has 0 saturated carbocycles. The summed E-state index contributed by atoms with van der Waals surface area (Å²) in [6, 6.07) is 3.41. The van der Waals surface area contributed by atoms with E-state index in [-0.39, 0.29) is 5.75 Å². The summed E-state index contributed by atoms with van der Waals surface area (Å²) in [5.74, 6) is 0.103. The number of aromatic hydroxyl groups is 1. The molecular weight excluding hydrogens is 220 g/mol. The molecule has 1 aromatic carbocycles. The van der Waals surface area contributed by atoms with Crippen molar-refractivity contribution >= 4 is 12.0 Å². The highest BCUT2D eigenvalue weighted by atomic mass is 16.5. The van der Waals surface area contributed by atoms with Gasteiger partial charge in [-0.2, -0.15) is 0 Å². The van der Waals surface area contributed by atoms with Crippen molar-refractivity contribution in [2.75, 3.05) is 13.7 Å². The van der Waals surface area contributed by atoms with Gasteiger partial charge in [0.15, 0.2) is 11.5 Å². The maximum absolute atomic E-state index is 11.1. The Kier molecular flexibility index (Phi) is 4.57. The first-order valence-electron chi connectivity index (χ1n) is 5.31. The molecule has 0 heterocycles. The van der Waals surface area contributed by atoms with E-state index >= 15 is 0 Å². The predicted octanol–water partition coefficient (Wildman–Crippen LogP) is 2.29. The zero-order chi connectivity index (χ0) is 12.8. The number of carbonyl (C=O) groups excluding carboxylic acids is 1. The molecule has 0 unspecified atom stereocenters. The van der Waals surface area contributed by atoms with Gasteiger partial charge in [-0.3, -0.25) is 0 Å². The van der Waals surface area contributed by atoms with E-state index in [1.54, 1.807) is 32.1 Å². The van der Waals surface area contributed by atoms with Gasteiger partial charge in [-0.05, 0) is 43.2 Å². The minimum Gasteiger partial charge on any atom is -0.504 e. The molecule has 1 N–H and O–H groups in total.